The lowest BCUT2D eigenvalue weighted by atomic mass is 10.2. The number of rotatable bonds is 4. The quantitative estimate of drug-likeness (QED) is 0.927. The Balaban J connectivity index is 1.83. The van der Waals surface area contributed by atoms with Crippen molar-refractivity contribution in [2.75, 3.05) is 0 Å². The fourth-order valence-corrected chi connectivity index (χ4v) is 4.00. The molecule has 2 heterocycles. The van der Waals surface area contributed by atoms with E-state index < -0.39 is 21.9 Å². The molecular formula is C15H19FN4O2S. The van der Waals surface area contributed by atoms with Crippen LogP contribution in [-0.4, -0.2) is 23.2 Å². The molecule has 1 aliphatic heterocycles. The third-order valence-electron chi connectivity index (χ3n) is 3.98. The van der Waals surface area contributed by atoms with E-state index in [0.717, 1.165) is 50.2 Å². The zero-order valence-corrected chi connectivity index (χ0v) is 13.7. The minimum absolute atomic E-state index is 0.0290. The van der Waals surface area contributed by atoms with Crippen LogP contribution in [0.5, 0.6) is 0 Å². The largest absolute Gasteiger partial charge is 0.314 e. The molecule has 0 bridgehead atoms. The van der Waals surface area contributed by atoms with Gasteiger partial charge in [0.1, 0.15) is 11.6 Å². The molecule has 0 unspecified atom stereocenters. The number of nitrogens with zero attached hydrogens (tertiary/aromatic N) is 3. The summed E-state index contributed by atoms with van der Waals surface area (Å²) in [7, 11) is -3.74. The number of hydrogen-bond donors (Lipinski definition) is 1. The summed E-state index contributed by atoms with van der Waals surface area (Å²) >= 11 is 0. The van der Waals surface area contributed by atoms with Gasteiger partial charge in [0.15, 0.2) is 5.82 Å². The highest BCUT2D eigenvalue weighted by atomic mass is 32.2. The molecule has 8 heteroatoms. The molecule has 0 saturated carbocycles. The first-order valence-corrected chi connectivity index (χ1v) is 9.15. The van der Waals surface area contributed by atoms with E-state index >= 15 is 0 Å². The van der Waals surface area contributed by atoms with Crippen LogP contribution in [0, 0.1) is 5.82 Å². The summed E-state index contributed by atoms with van der Waals surface area (Å²) in [5, 5.41) is 8.34. The molecule has 0 spiro atoms. The van der Waals surface area contributed by atoms with Crippen LogP contribution in [-0.2, 0) is 23.0 Å². The Morgan fingerprint density at radius 3 is 2.65 bits per heavy atom. The Kier molecular flexibility index (Phi) is 4.45. The van der Waals surface area contributed by atoms with E-state index in [-0.39, 0.29) is 4.90 Å². The second-order valence-corrected chi connectivity index (χ2v) is 7.45. The summed E-state index contributed by atoms with van der Waals surface area (Å²) in [5.41, 5.74) is 0. The summed E-state index contributed by atoms with van der Waals surface area (Å²) < 4.78 is 42.3. The lowest BCUT2D eigenvalue weighted by molar-refractivity contribution is 0.533. The van der Waals surface area contributed by atoms with E-state index in [2.05, 4.69) is 14.9 Å². The van der Waals surface area contributed by atoms with Crippen molar-refractivity contribution in [2.24, 2.45) is 0 Å². The van der Waals surface area contributed by atoms with Gasteiger partial charge in [-0.05, 0) is 44.0 Å². The molecule has 23 heavy (non-hydrogen) atoms. The highest BCUT2D eigenvalue weighted by Crippen LogP contribution is 2.20. The number of benzene rings is 1. The fraction of sp³-hybridized carbons (Fsp3) is 0.467. The van der Waals surface area contributed by atoms with E-state index in [1.807, 2.05) is 4.57 Å². The SMILES string of the molecule is C[C@H](NS(=O)(=O)c1ccc(F)cc1)c1nnc2n1CCCCC2. The Morgan fingerprint density at radius 2 is 1.91 bits per heavy atom. The Morgan fingerprint density at radius 1 is 1.17 bits per heavy atom. The Hall–Kier alpha value is -1.80. The molecule has 0 radical (unpaired) electrons. The number of aromatic nitrogens is 3. The van der Waals surface area contributed by atoms with Gasteiger partial charge >= 0.3 is 0 Å². The minimum atomic E-state index is -3.74. The van der Waals surface area contributed by atoms with Crippen molar-refractivity contribution in [2.45, 2.75) is 50.1 Å². The van der Waals surface area contributed by atoms with Gasteiger partial charge in [-0.1, -0.05) is 6.42 Å². The summed E-state index contributed by atoms with van der Waals surface area (Å²) in [6.45, 7) is 2.55. The molecule has 3 rings (SSSR count). The molecule has 1 atom stereocenters. The van der Waals surface area contributed by atoms with E-state index in [9.17, 15) is 12.8 Å². The fourth-order valence-electron chi connectivity index (χ4n) is 2.80. The van der Waals surface area contributed by atoms with Crippen molar-refractivity contribution in [3.63, 3.8) is 0 Å². The molecule has 1 N–H and O–H groups in total. The van der Waals surface area contributed by atoms with Crippen LogP contribution in [0.1, 0.15) is 43.9 Å². The lowest BCUT2D eigenvalue weighted by Gasteiger charge is -2.15. The van der Waals surface area contributed by atoms with Crippen LogP contribution < -0.4 is 4.72 Å². The van der Waals surface area contributed by atoms with Gasteiger partial charge in [-0.2, -0.15) is 0 Å². The Bertz CT molecular complexity index is 786. The van der Waals surface area contributed by atoms with Gasteiger partial charge in [-0.25, -0.2) is 17.5 Å². The lowest BCUT2D eigenvalue weighted by Crippen LogP contribution is -2.29. The normalized spacial score (nSPS) is 16.6. The van der Waals surface area contributed by atoms with Crippen LogP contribution in [0.25, 0.3) is 0 Å². The van der Waals surface area contributed by atoms with Crippen LogP contribution in [0.15, 0.2) is 29.2 Å². The second kappa shape index (κ2) is 6.37. The van der Waals surface area contributed by atoms with Gasteiger partial charge in [0.2, 0.25) is 10.0 Å². The number of halogens is 1. The molecule has 0 amide bonds. The highest BCUT2D eigenvalue weighted by molar-refractivity contribution is 7.89. The van der Waals surface area contributed by atoms with Crippen molar-refractivity contribution in [1.29, 1.82) is 0 Å². The van der Waals surface area contributed by atoms with Crippen molar-refractivity contribution in [3.05, 3.63) is 41.7 Å². The first kappa shape index (κ1) is 16.1. The topological polar surface area (TPSA) is 76.9 Å². The first-order valence-electron chi connectivity index (χ1n) is 7.67. The van der Waals surface area contributed by atoms with Crippen molar-refractivity contribution in [1.82, 2.24) is 19.5 Å². The molecule has 1 aromatic heterocycles. The van der Waals surface area contributed by atoms with Gasteiger partial charge in [-0.15, -0.1) is 10.2 Å². The van der Waals surface area contributed by atoms with Crippen molar-refractivity contribution in [3.8, 4) is 0 Å². The van der Waals surface area contributed by atoms with Crippen LogP contribution in [0.4, 0.5) is 4.39 Å². The van der Waals surface area contributed by atoms with E-state index in [1.54, 1.807) is 6.92 Å². The van der Waals surface area contributed by atoms with Crippen LogP contribution in [0.3, 0.4) is 0 Å². The Labute approximate surface area is 134 Å². The highest BCUT2D eigenvalue weighted by Gasteiger charge is 2.24. The van der Waals surface area contributed by atoms with Crippen molar-refractivity contribution < 1.29 is 12.8 Å². The van der Waals surface area contributed by atoms with E-state index in [0.29, 0.717) is 5.82 Å². The number of fused-ring (bicyclic) bond motifs is 1. The van der Waals surface area contributed by atoms with Crippen LogP contribution >= 0.6 is 0 Å². The molecule has 6 nitrogen and oxygen atoms in total. The smallest absolute Gasteiger partial charge is 0.241 e. The number of sulfonamides is 1. The summed E-state index contributed by atoms with van der Waals surface area (Å²) in [4.78, 5) is 0.0290. The molecule has 1 aromatic carbocycles. The molecule has 0 saturated heterocycles. The summed E-state index contributed by atoms with van der Waals surface area (Å²) in [6, 6.07) is 4.23. The number of hydrogen-bond acceptors (Lipinski definition) is 4. The van der Waals surface area contributed by atoms with Crippen molar-refractivity contribution >= 4 is 10.0 Å². The predicted molar refractivity (Wildman–Crippen MR) is 82.7 cm³/mol. The molecule has 2 aromatic rings. The third-order valence-corrected chi connectivity index (χ3v) is 5.54. The molecule has 0 aliphatic carbocycles. The van der Waals surface area contributed by atoms with Crippen LogP contribution in [0.2, 0.25) is 0 Å². The average molecular weight is 338 g/mol. The maximum atomic E-state index is 13.0. The van der Waals surface area contributed by atoms with E-state index in [1.165, 1.54) is 12.1 Å². The van der Waals surface area contributed by atoms with E-state index in [4.69, 9.17) is 0 Å². The molecular weight excluding hydrogens is 319 g/mol. The monoisotopic (exact) mass is 338 g/mol. The zero-order chi connectivity index (χ0) is 16.4. The maximum absolute atomic E-state index is 13.0. The van der Waals surface area contributed by atoms with Gasteiger partial charge < -0.3 is 4.57 Å². The molecule has 124 valence electrons. The van der Waals surface area contributed by atoms with Gasteiger partial charge in [0, 0.05) is 13.0 Å². The van der Waals surface area contributed by atoms with Gasteiger partial charge in [0.05, 0.1) is 10.9 Å². The number of nitrogens with one attached hydrogen (secondary N) is 1. The minimum Gasteiger partial charge on any atom is -0.314 e. The molecule has 0 fully saturated rings. The van der Waals surface area contributed by atoms with Gasteiger partial charge in [-0.3, -0.25) is 0 Å². The standard InChI is InChI=1S/C15H19FN4O2S/c1-11(15-18-17-14-5-3-2-4-10-20(14)15)19-23(21,22)13-8-6-12(16)7-9-13/h6-9,11,19H,2-5,10H2,1H3/t11-/m0/s1. The number of aryl methyl sites for hydroxylation is 1. The summed E-state index contributed by atoms with van der Waals surface area (Å²) in [6.07, 6.45) is 4.12. The summed E-state index contributed by atoms with van der Waals surface area (Å²) in [5.74, 6) is 1.05. The predicted octanol–water partition coefficient (Wildman–Crippen LogP) is 2.18. The zero-order valence-electron chi connectivity index (χ0n) is 12.9. The second-order valence-electron chi connectivity index (χ2n) is 5.73. The van der Waals surface area contributed by atoms with Gasteiger partial charge in [0.25, 0.3) is 0 Å². The first-order chi connectivity index (χ1) is 11.0. The molecule has 1 aliphatic rings. The average Bonchev–Trinajstić information content (AvgIpc) is 2.76. The third kappa shape index (κ3) is 3.42. The maximum Gasteiger partial charge on any atom is 0.241 e.